The number of rotatable bonds is 6. The van der Waals surface area contributed by atoms with Crippen LogP contribution in [0, 0.1) is 0 Å². The van der Waals surface area contributed by atoms with Gasteiger partial charge in [-0.05, 0) is 49.5 Å². The second kappa shape index (κ2) is 8.87. The summed E-state index contributed by atoms with van der Waals surface area (Å²) >= 11 is 5.20. The Bertz CT molecular complexity index is 948. The molecule has 6 nitrogen and oxygen atoms in total. The van der Waals surface area contributed by atoms with Gasteiger partial charge in [0.05, 0.1) is 18.7 Å². The highest BCUT2D eigenvalue weighted by atomic mass is 32.1. The Hall–Kier alpha value is -3.20. The molecule has 0 radical (unpaired) electrons. The molecule has 0 aliphatic carbocycles. The van der Waals surface area contributed by atoms with Gasteiger partial charge in [-0.25, -0.2) is 0 Å². The molecule has 0 bridgehead atoms. The Morgan fingerprint density at radius 3 is 2.52 bits per heavy atom. The van der Waals surface area contributed by atoms with Crippen LogP contribution in [-0.2, 0) is 4.79 Å². The Labute approximate surface area is 171 Å². The summed E-state index contributed by atoms with van der Waals surface area (Å²) in [7, 11) is 1.55. The van der Waals surface area contributed by atoms with E-state index in [9.17, 15) is 13.6 Å². The fourth-order valence-electron chi connectivity index (χ4n) is 3.02. The lowest BCUT2D eigenvalue weighted by atomic mass is 9.94. The highest BCUT2D eigenvalue weighted by molar-refractivity contribution is 7.80. The summed E-state index contributed by atoms with van der Waals surface area (Å²) in [4.78, 5) is 13.0. The van der Waals surface area contributed by atoms with E-state index in [1.807, 2.05) is 0 Å². The smallest absolute Gasteiger partial charge is 0.387 e. The van der Waals surface area contributed by atoms with Crippen LogP contribution >= 0.6 is 12.2 Å². The van der Waals surface area contributed by atoms with Gasteiger partial charge in [-0.3, -0.25) is 4.79 Å². The summed E-state index contributed by atoms with van der Waals surface area (Å²) in [6.07, 6.45) is 0. The number of benzene rings is 2. The number of halogens is 2. The zero-order chi connectivity index (χ0) is 21.0. The van der Waals surface area contributed by atoms with Crippen LogP contribution in [0.1, 0.15) is 18.5 Å². The van der Waals surface area contributed by atoms with Gasteiger partial charge in [0, 0.05) is 16.9 Å². The third kappa shape index (κ3) is 4.80. The molecule has 1 heterocycles. The minimum Gasteiger partial charge on any atom is -0.497 e. The maximum Gasteiger partial charge on any atom is 0.387 e. The fraction of sp³-hybridized carbons (Fsp3) is 0.200. The molecule has 1 aliphatic heterocycles. The van der Waals surface area contributed by atoms with Crippen LogP contribution in [0.25, 0.3) is 0 Å². The number of anilines is 1. The lowest BCUT2D eigenvalue weighted by Crippen LogP contribution is -2.45. The van der Waals surface area contributed by atoms with Crippen molar-refractivity contribution in [3.05, 3.63) is 65.4 Å². The third-order valence-electron chi connectivity index (χ3n) is 4.31. The van der Waals surface area contributed by atoms with E-state index in [4.69, 9.17) is 17.0 Å². The summed E-state index contributed by atoms with van der Waals surface area (Å²) in [6, 6.07) is 12.3. The van der Waals surface area contributed by atoms with Crippen molar-refractivity contribution in [1.29, 1.82) is 0 Å². The molecule has 3 N–H and O–H groups in total. The lowest BCUT2D eigenvalue weighted by molar-refractivity contribution is -0.113. The van der Waals surface area contributed by atoms with E-state index >= 15 is 0 Å². The number of thiocarbonyl (C=S) groups is 1. The Morgan fingerprint density at radius 2 is 1.86 bits per heavy atom. The predicted octanol–water partition coefficient (Wildman–Crippen LogP) is 3.73. The molecule has 152 valence electrons. The minimum atomic E-state index is -2.99. The molecule has 29 heavy (non-hydrogen) atoms. The Morgan fingerprint density at radius 1 is 1.17 bits per heavy atom. The molecule has 0 saturated heterocycles. The average Bonchev–Trinajstić information content (AvgIpc) is 2.68. The Balaban J connectivity index is 1.95. The number of allylic oxidation sites excluding steroid dienone is 1. The largest absolute Gasteiger partial charge is 0.497 e. The van der Waals surface area contributed by atoms with Crippen LogP contribution in [0.3, 0.4) is 0 Å². The first-order valence-electron chi connectivity index (χ1n) is 8.66. The Kier molecular flexibility index (Phi) is 6.28. The van der Waals surface area contributed by atoms with Gasteiger partial charge in [-0.15, -0.1) is 0 Å². The van der Waals surface area contributed by atoms with Crippen LogP contribution < -0.4 is 25.4 Å². The molecule has 0 saturated carbocycles. The topological polar surface area (TPSA) is 71.6 Å². The second-order valence-electron chi connectivity index (χ2n) is 6.17. The summed E-state index contributed by atoms with van der Waals surface area (Å²) in [6.45, 7) is -1.30. The first kappa shape index (κ1) is 20.5. The van der Waals surface area contributed by atoms with E-state index in [-0.39, 0.29) is 10.9 Å². The third-order valence-corrected chi connectivity index (χ3v) is 4.53. The van der Waals surface area contributed by atoms with Crippen molar-refractivity contribution in [1.82, 2.24) is 10.6 Å². The molecule has 0 spiro atoms. The maximum absolute atomic E-state index is 13.0. The molecular formula is C20H19F2N3O3S. The quantitative estimate of drug-likeness (QED) is 0.620. The normalized spacial score (nSPS) is 16.2. The first-order valence-corrected chi connectivity index (χ1v) is 9.07. The van der Waals surface area contributed by atoms with Crippen molar-refractivity contribution in [3.63, 3.8) is 0 Å². The number of ether oxygens (including phenoxy) is 2. The summed E-state index contributed by atoms with van der Waals surface area (Å²) in [5, 5.41) is 8.95. The number of carbonyl (C=O) groups is 1. The standard InChI is InChI=1S/C20H19F2N3O3S/c1-11-16(18(26)24-12-7-9-13(27-2)10-8-12)17(25-20(29)23-11)14-5-3-4-6-15(14)28-19(21)22/h3-10,17,19H,1-2H3,(H,24,26)(H2,23,25,29)/t17-/m1/s1. The van der Waals surface area contributed by atoms with Crippen LogP contribution in [0.5, 0.6) is 11.5 Å². The van der Waals surface area contributed by atoms with Gasteiger partial charge in [0.15, 0.2) is 5.11 Å². The lowest BCUT2D eigenvalue weighted by Gasteiger charge is -2.31. The van der Waals surface area contributed by atoms with Gasteiger partial charge in [0.1, 0.15) is 11.5 Å². The summed E-state index contributed by atoms with van der Waals surface area (Å²) in [5.41, 5.74) is 1.74. The molecule has 2 aromatic carbocycles. The molecule has 2 aromatic rings. The van der Waals surface area contributed by atoms with E-state index in [1.165, 1.54) is 6.07 Å². The van der Waals surface area contributed by atoms with Gasteiger partial charge >= 0.3 is 6.61 Å². The number of alkyl halides is 2. The maximum atomic E-state index is 13.0. The summed E-state index contributed by atoms with van der Waals surface area (Å²) in [5.74, 6) is 0.208. The summed E-state index contributed by atoms with van der Waals surface area (Å²) < 4.78 is 35.4. The monoisotopic (exact) mass is 419 g/mol. The van der Waals surface area contributed by atoms with Crippen molar-refractivity contribution >= 4 is 28.9 Å². The molecule has 1 atom stereocenters. The SMILES string of the molecule is COc1ccc(NC(=O)C2=C(C)NC(=S)N[C@@H]2c2ccccc2OC(F)F)cc1. The number of amides is 1. The number of hydrogen-bond donors (Lipinski definition) is 3. The van der Waals surface area contributed by atoms with E-state index in [0.717, 1.165) is 0 Å². The predicted molar refractivity (Wildman–Crippen MR) is 109 cm³/mol. The number of methoxy groups -OCH3 is 1. The molecule has 0 unspecified atom stereocenters. The van der Waals surface area contributed by atoms with Gasteiger partial charge in [0.25, 0.3) is 5.91 Å². The van der Waals surface area contributed by atoms with Crippen molar-refractivity contribution in [3.8, 4) is 11.5 Å². The highest BCUT2D eigenvalue weighted by Crippen LogP contribution is 2.34. The number of nitrogens with one attached hydrogen (secondary N) is 3. The first-order chi connectivity index (χ1) is 13.9. The van der Waals surface area contributed by atoms with Crippen LogP contribution in [0.4, 0.5) is 14.5 Å². The van der Waals surface area contributed by atoms with Gasteiger partial charge in [-0.1, -0.05) is 18.2 Å². The van der Waals surface area contributed by atoms with Gasteiger partial charge in [0.2, 0.25) is 0 Å². The van der Waals surface area contributed by atoms with Gasteiger partial charge < -0.3 is 25.4 Å². The molecule has 3 rings (SSSR count). The highest BCUT2D eigenvalue weighted by Gasteiger charge is 2.32. The number of para-hydroxylation sites is 1. The number of hydrogen-bond acceptors (Lipinski definition) is 4. The average molecular weight is 419 g/mol. The van der Waals surface area contributed by atoms with Crippen molar-refractivity contribution in [2.24, 2.45) is 0 Å². The zero-order valence-corrected chi connectivity index (χ0v) is 16.5. The second-order valence-corrected chi connectivity index (χ2v) is 6.58. The molecule has 0 aromatic heterocycles. The minimum absolute atomic E-state index is 0.0350. The van der Waals surface area contributed by atoms with E-state index in [1.54, 1.807) is 56.5 Å². The zero-order valence-electron chi connectivity index (χ0n) is 15.7. The van der Waals surface area contributed by atoms with Crippen LogP contribution in [0.15, 0.2) is 59.8 Å². The molecule has 1 aliphatic rings. The fourth-order valence-corrected chi connectivity index (χ4v) is 3.29. The molecule has 1 amide bonds. The van der Waals surface area contributed by atoms with Crippen molar-refractivity contribution in [2.75, 3.05) is 12.4 Å². The van der Waals surface area contributed by atoms with Crippen LogP contribution in [0.2, 0.25) is 0 Å². The molecule has 9 heteroatoms. The molecule has 0 fully saturated rings. The van der Waals surface area contributed by atoms with Gasteiger partial charge in [-0.2, -0.15) is 8.78 Å². The van der Waals surface area contributed by atoms with Crippen molar-refractivity contribution in [2.45, 2.75) is 19.6 Å². The van der Waals surface area contributed by atoms with E-state index in [0.29, 0.717) is 28.3 Å². The van der Waals surface area contributed by atoms with E-state index in [2.05, 4.69) is 20.7 Å². The van der Waals surface area contributed by atoms with Crippen molar-refractivity contribution < 1.29 is 23.0 Å². The molecular weight excluding hydrogens is 400 g/mol. The van der Waals surface area contributed by atoms with Crippen LogP contribution in [-0.4, -0.2) is 24.7 Å². The van der Waals surface area contributed by atoms with E-state index < -0.39 is 18.6 Å². The number of carbonyl (C=O) groups excluding carboxylic acids is 1.